The Hall–Kier alpha value is -9.40. The van der Waals surface area contributed by atoms with Gasteiger partial charge in [0.1, 0.15) is 18.0 Å². The van der Waals surface area contributed by atoms with Crippen LogP contribution in [0.1, 0.15) is 31.8 Å². The van der Waals surface area contributed by atoms with E-state index in [-0.39, 0.29) is 24.0 Å². The molecule has 0 bridgehead atoms. The fourth-order valence-corrected chi connectivity index (χ4v) is 11.1. The summed E-state index contributed by atoms with van der Waals surface area (Å²) in [5.74, 6) is 0.235. The molecule has 2 N–H and O–H groups in total. The van der Waals surface area contributed by atoms with Crippen LogP contribution < -0.4 is 19.4 Å². The minimum atomic E-state index is -0.296. The third-order valence-electron chi connectivity index (χ3n) is 14.5. The Morgan fingerprint density at radius 1 is 0.526 bits per heavy atom. The van der Waals surface area contributed by atoms with Gasteiger partial charge in [-0.25, -0.2) is 0 Å². The minimum Gasteiger partial charge on any atom is -0.494 e. The van der Waals surface area contributed by atoms with E-state index in [2.05, 4.69) is 22.1 Å². The van der Waals surface area contributed by atoms with Crippen LogP contribution in [-0.2, 0) is 11.4 Å². The quantitative estimate of drug-likeness (QED) is 0.0919. The number of hydroxylamine groups is 1. The number of aromatic nitrogens is 2. The van der Waals surface area contributed by atoms with Gasteiger partial charge in [0.15, 0.2) is 17.3 Å². The number of para-hydroxylation sites is 2. The number of nitrogens with one attached hydrogen (secondary N) is 2. The highest BCUT2D eigenvalue weighted by molar-refractivity contribution is 6.33. The summed E-state index contributed by atoms with van der Waals surface area (Å²) >= 11 is 13.0. The lowest BCUT2D eigenvalue weighted by atomic mass is 9.99. The lowest BCUT2D eigenvalue weighted by molar-refractivity contribution is 0.0989. The Morgan fingerprint density at radius 2 is 1.04 bits per heavy atom. The van der Waals surface area contributed by atoms with Crippen LogP contribution >= 0.6 is 23.2 Å². The normalized spacial score (nSPS) is 12.3. The minimum absolute atomic E-state index is 0.173. The number of H-pyrrole nitrogens is 2. The van der Waals surface area contributed by atoms with Gasteiger partial charge in [0, 0.05) is 89.9 Å². The monoisotopic (exact) mass is 1060 g/mol. The summed E-state index contributed by atoms with van der Waals surface area (Å²) in [4.78, 5) is 43.9. The number of ether oxygens (including phenoxy) is 2. The number of nitrogens with zero attached hydrogens (tertiary/aromatic N) is 6. The van der Waals surface area contributed by atoms with Gasteiger partial charge in [-0.05, 0) is 119 Å². The molecule has 1 aliphatic rings. The average molecular weight is 1060 g/mol. The van der Waals surface area contributed by atoms with Gasteiger partial charge < -0.3 is 24.3 Å². The first-order valence-corrected chi connectivity index (χ1v) is 25.7. The van der Waals surface area contributed by atoms with Crippen molar-refractivity contribution in [3.8, 4) is 22.6 Å². The van der Waals surface area contributed by atoms with E-state index >= 15 is 0 Å². The number of azo groups is 2. The molecule has 0 atom stereocenters. The number of halogens is 2. The van der Waals surface area contributed by atoms with Gasteiger partial charge in [0.25, 0.3) is 5.91 Å². The number of aromatic amines is 2. The van der Waals surface area contributed by atoms with E-state index in [1.165, 1.54) is 7.11 Å². The Kier molecular flexibility index (Phi) is 11.9. The van der Waals surface area contributed by atoms with Crippen LogP contribution in [0.15, 0.2) is 190 Å². The first-order valence-electron chi connectivity index (χ1n) is 24.9. The number of hydrogen-bond donors (Lipinski definition) is 2. The van der Waals surface area contributed by atoms with Crippen molar-refractivity contribution in [1.82, 2.24) is 9.97 Å². The molecule has 0 unspecified atom stereocenters. The van der Waals surface area contributed by atoms with E-state index in [4.69, 9.17) is 58.0 Å². The van der Waals surface area contributed by atoms with Crippen molar-refractivity contribution >= 4 is 134 Å². The van der Waals surface area contributed by atoms with Crippen molar-refractivity contribution in [2.75, 3.05) is 38.3 Å². The summed E-state index contributed by atoms with van der Waals surface area (Å²) < 4.78 is 12.3. The van der Waals surface area contributed by atoms with Gasteiger partial charge in [-0.2, -0.15) is 10.2 Å². The van der Waals surface area contributed by atoms with Gasteiger partial charge in [-0.15, -0.1) is 10.2 Å². The van der Waals surface area contributed by atoms with E-state index in [1.54, 1.807) is 36.3 Å². The second-order valence-electron chi connectivity index (χ2n) is 19.0. The molecule has 15 heteroatoms. The van der Waals surface area contributed by atoms with Gasteiger partial charge in [-0.3, -0.25) is 19.5 Å². The van der Waals surface area contributed by atoms with Crippen molar-refractivity contribution in [2.45, 2.75) is 6.61 Å². The summed E-state index contributed by atoms with van der Waals surface area (Å²) in [6, 6.07) is 53.5. The van der Waals surface area contributed by atoms with Crippen LogP contribution in [0.25, 0.3) is 76.3 Å². The van der Waals surface area contributed by atoms with Gasteiger partial charge in [-0.1, -0.05) is 96.0 Å². The lowest BCUT2D eigenvalue weighted by Crippen LogP contribution is -2.26. The molecule has 12 aromatic rings. The maximum Gasteiger partial charge on any atom is 0.261 e. The fourth-order valence-electron chi connectivity index (χ4n) is 10.8. The molecule has 0 aliphatic heterocycles. The van der Waals surface area contributed by atoms with Crippen LogP contribution in [0.2, 0.25) is 10.0 Å². The second kappa shape index (κ2) is 19.3. The maximum atomic E-state index is 14.5. The number of ketones is 1. The predicted molar refractivity (Wildman–Crippen MR) is 312 cm³/mol. The number of carbonyl (C=O) groups excluding carboxylic acids is 2. The SMILES string of the molecule is COc1c(CON(C)c2ccccc2)cc2ccc3c4cc(Cl)ccc4[nH]c3c2c1N=Nc1ccc2c(c1)C(=O)c1cc(N=Nc3c(OC)c(C(=O)N(C)c4ccccc4)cc4ccc5c6cc(Cl)ccc6[nH]c5c34)ccc1-2. The summed E-state index contributed by atoms with van der Waals surface area (Å²) in [7, 11) is 6.70. The van der Waals surface area contributed by atoms with Crippen molar-refractivity contribution < 1.29 is 23.9 Å². The van der Waals surface area contributed by atoms with Crippen LogP contribution in [0.5, 0.6) is 11.5 Å². The highest BCUT2D eigenvalue weighted by Crippen LogP contribution is 2.48. The largest absolute Gasteiger partial charge is 0.494 e. The van der Waals surface area contributed by atoms with E-state index < -0.39 is 0 Å². The van der Waals surface area contributed by atoms with Gasteiger partial charge >= 0.3 is 0 Å². The molecule has 0 spiro atoms. The first kappa shape index (κ1) is 48.3. The summed E-state index contributed by atoms with van der Waals surface area (Å²) in [5.41, 5.74) is 10.2. The van der Waals surface area contributed by atoms with Crippen molar-refractivity contribution in [1.29, 1.82) is 0 Å². The average Bonchev–Trinajstić information content (AvgIpc) is 4.33. The Labute approximate surface area is 455 Å². The zero-order valence-electron chi connectivity index (χ0n) is 42.4. The third-order valence-corrected chi connectivity index (χ3v) is 15.0. The number of rotatable bonds is 12. The molecule has 0 radical (unpaired) electrons. The fraction of sp³-hybridized carbons (Fsp3) is 0.0794. The number of benzene rings is 10. The molecule has 13 rings (SSSR count). The van der Waals surface area contributed by atoms with Crippen LogP contribution in [0.4, 0.5) is 34.1 Å². The summed E-state index contributed by atoms with van der Waals surface area (Å²) in [5, 5.41) is 29.2. The topological polar surface area (TPSA) is 149 Å². The molecule has 78 heavy (non-hydrogen) atoms. The Balaban J connectivity index is 0.870. The van der Waals surface area contributed by atoms with Crippen molar-refractivity contribution in [2.24, 2.45) is 20.5 Å². The molecule has 1 amide bonds. The molecule has 380 valence electrons. The number of fused-ring (bicyclic) bond motifs is 13. The summed E-state index contributed by atoms with van der Waals surface area (Å²) in [6.07, 6.45) is 0. The zero-order valence-corrected chi connectivity index (χ0v) is 43.9. The number of amides is 1. The number of methoxy groups -OCH3 is 2. The van der Waals surface area contributed by atoms with Crippen molar-refractivity contribution in [3.05, 3.63) is 202 Å². The highest BCUT2D eigenvalue weighted by Gasteiger charge is 2.29. The second-order valence-corrected chi connectivity index (χ2v) is 19.9. The Morgan fingerprint density at radius 3 is 1.58 bits per heavy atom. The zero-order chi connectivity index (χ0) is 53.3. The van der Waals surface area contributed by atoms with E-state index in [9.17, 15) is 9.59 Å². The van der Waals surface area contributed by atoms with Crippen LogP contribution in [0.3, 0.4) is 0 Å². The molecule has 0 saturated heterocycles. The van der Waals surface area contributed by atoms with Crippen molar-refractivity contribution in [3.63, 3.8) is 0 Å². The standard InChI is InChI=1S/C63H44Cl2N8O5/c1-72(41-11-7-5-8-12-41)63(75)51-28-35-16-22-46-48-30-38(65)18-26-53(48)67-57(46)55(35)59(62(51)77-4)71-69-40-20-24-44-43-23-19-39(31-49(43)60(74)50(44)32-40)68-70-58-54-34(15-21-45-47-29-37(64)17-25-52(47)66-56(45)54)27-36(61(58)76-3)33-78-73(2)42-13-9-6-10-14-42/h5-32,66-67H,33H2,1-4H3. The molecule has 10 aromatic carbocycles. The lowest BCUT2D eigenvalue weighted by Gasteiger charge is -2.20. The third kappa shape index (κ3) is 8.14. The summed E-state index contributed by atoms with van der Waals surface area (Å²) in [6.45, 7) is 0.173. The molecule has 13 nitrogen and oxygen atoms in total. The first-order chi connectivity index (χ1) is 38.0. The van der Waals surface area contributed by atoms with E-state index in [0.717, 1.165) is 82.1 Å². The van der Waals surface area contributed by atoms with Gasteiger partial charge in [0.2, 0.25) is 0 Å². The number of anilines is 2. The van der Waals surface area contributed by atoms with E-state index in [1.807, 2.05) is 153 Å². The molecule has 2 aromatic heterocycles. The molecule has 0 fully saturated rings. The molecular weight excluding hydrogens is 1020 g/mol. The number of carbonyl (C=O) groups is 2. The van der Waals surface area contributed by atoms with Crippen LogP contribution in [-0.4, -0.2) is 50.0 Å². The molecular formula is C63H44Cl2N8O5. The number of hydrogen-bond acceptors (Lipinski definition) is 10. The maximum absolute atomic E-state index is 14.5. The predicted octanol–water partition coefficient (Wildman–Crippen LogP) is 17.5. The Bertz CT molecular complexity index is 4540. The smallest absolute Gasteiger partial charge is 0.261 e. The molecule has 1 aliphatic carbocycles. The molecule has 0 saturated carbocycles. The highest BCUT2D eigenvalue weighted by atomic mass is 35.5. The van der Waals surface area contributed by atoms with E-state index in [0.29, 0.717) is 66.3 Å². The van der Waals surface area contributed by atoms with Crippen LogP contribution in [0, 0.1) is 0 Å². The molecule has 2 heterocycles. The van der Waals surface area contributed by atoms with Gasteiger partial charge in [0.05, 0.1) is 47.9 Å².